The van der Waals surface area contributed by atoms with E-state index in [0.29, 0.717) is 12.0 Å². The fourth-order valence-electron chi connectivity index (χ4n) is 2.44. The highest BCUT2D eigenvalue weighted by molar-refractivity contribution is 5.26. The number of rotatable bonds is 5. The Kier molecular flexibility index (Phi) is 5.05. The minimum atomic E-state index is -4.27. The van der Waals surface area contributed by atoms with E-state index < -0.39 is 11.7 Å². The lowest BCUT2D eigenvalue weighted by molar-refractivity contribution is -0.137. The molecule has 1 aliphatic rings. The van der Waals surface area contributed by atoms with Gasteiger partial charge in [-0.2, -0.15) is 13.2 Å². The van der Waals surface area contributed by atoms with E-state index >= 15 is 0 Å². The lowest BCUT2D eigenvalue weighted by Gasteiger charge is -2.17. The highest BCUT2D eigenvalue weighted by Gasteiger charge is 2.30. The van der Waals surface area contributed by atoms with Crippen molar-refractivity contribution in [1.82, 2.24) is 5.32 Å². The van der Waals surface area contributed by atoms with Crippen molar-refractivity contribution in [3.63, 3.8) is 0 Å². The van der Waals surface area contributed by atoms with Crippen molar-refractivity contribution in [1.29, 1.82) is 0 Å². The zero-order valence-electron chi connectivity index (χ0n) is 11.5. The Bertz CT molecular complexity index is 427. The van der Waals surface area contributed by atoms with Gasteiger partial charge >= 0.3 is 6.18 Å². The van der Waals surface area contributed by atoms with E-state index in [1.54, 1.807) is 6.07 Å². The van der Waals surface area contributed by atoms with Crippen LogP contribution in [0, 0.1) is 0 Å². The summed E-state index contributed by atoms with van der Waals surface area (Å²) < 4.78 is 43.4. The van der Waals surface area contributed by atoms with Crippen LogP contribution in [0.2, 0.25) is 0 Å². The molecule has 0 bridgehead atoms. The minimum Gasteiger partial charge on any atom is -0.377 e. The van der Waals surface area contributed by atoms with E-state index in [4.69, 9.17) is 4.74 Å². The van der Waals surface area contributed by atoms with Gasteiger partial charge in [0.25, 0.3) is 0 Å². The van der Waals surface area contributed by atoms with Crippen LogP contribution in [-0.2, 0) is 17.3 Å². The molecule has 1 saturated heterocycles. The summed E-state index contributed by atoms with van der Waals surface area (Å²) in [6.45, 7) is 3.56. The topological polar surface area (TPSA) is 21.3 Å². The van der Waals surface area contributed by atoms with Crippen molar-refractivity contribution in [2.75, 3.05) is 13.2 Å². The molecule has 0 spiro atoms. The van der Waals surface area contributed by atoms with Crippen LogP contribution in [0.25, 0.3) is 0 Å². The van der Waals surface area contributed by atoms with E-state index in [-0.39, 0.29) is 12.1 Å². The Morgan fingerprint density at radius 1 is 1.40 bits per heavy atom. The molecule has 0 amide bonds. The summed E-state index contributed by atoms with van der Waals surface area (Å²) in [4.78, 5) is 0. The van der Waals surface area contributed by atoms with Gasteiger partial charge in [0.05, 0.1) is 11.7 Å². The first kappa shape index (κ1) is 15.3. The monoisotopic (exact) mass is 287 g/mol. The lowest BCUT2D eigenvalue weighted by Crippen LogP contribution is -2.34. The maximum atomic E-state index is 12.6. The summed E-state index contributed by atoms with van der Waals surface area (Å²) in [7, 11) is 0. The number of alkyl halides is 3. The molecule has 0 aromatic heterocycles. The predicted octanol–water partition coefficient (Wildman–Crippen LogP) is 3.41. The molecular formula is C15H20F3NO. The summed E-state index contributed by atoms with van der Waals surface area (Å²) in [5.41, 5.74) is 0.119. The zero-order chi connectivity index (χ0) is 14.6. The molecule has 2 atom stereocenters. The smallest absolute Gasteiger partial charge is 0.377 e. The van der Waals surface area contributed by atoms with Gasteiger partial charge < -0.3 is 10.1 Å². The third kappa shape index (κ3) is 4.49. The SMILES string of the molecule is CC(Cc1cccc(C(F)(F)F)c1)NCC1CCCO1. The number of halogens is 3. The molecule has 0 aliphatic carbocycles. The molecule has 20 heavy (non-hydrogen) atoms. The maximum absolute atomic E-state index is 12.6. The molecule has 0 radical (unpaired) electrons. The Balaban J connectivity index is 1.85. The summed E-state index contributed by atoms with van der Waals surface area (Å²) in [6.07, 6.45) is -1.29. The first-order chi connectivity index (χ1) is 9.45. The van der Waals surface area contributed by atoms with Crippen LogP contribution in [0.5, 0.6) is 0 Å². The van der Waals surface area contributed by atoms with Crippen molar-refractivity contribution in [2.45, 2.75) is 44.5 Å². The molecule has 1 aromatic rings. The molecule has 112 valence electrons. The van der Waals surface area contributed by atoms with Crippen LogP contribution in [0.1, 0.15) is 30.9 Å². The Morgan fingerprint density at radius 3 is 2.85 bits per heavy atom. The van der Waals surface area contributed by atoms with Gasteiger partial charge in [-0.3, -0.25) is 0 Å². The minimum absolute atomic E-state index is 0.127. The largest absolute Gasteiger partial charge is 0.416 e. The van der Waals surface area contributed by atoms with Gasteiger partial charge in [-0.25, -0.2) is 0 Å². The number of hydrogen-bond donors (Lipinski definition) is 1. The fourth-order valence-corrected chi connectivity index (χ4v) is 2.44. The molecule has 1 fully saturated rings. The summed E-state index contributed by atoms with van der Waals surface area (Å²) >= 11 is 0. The number of nitrogens with one attached hydrogen (secondary N) is 1. The molecule has 0 saturated carbocycles. The Labute approximate surface area is 117 Å². The average Bonchev–Trinajstić information content (AvgIpc) is 2.89. The fraction of sp³-hybridized carbons (Fsp3) is 0.600. The second-order valence-electron chi connectivity index (χ2n) is 5.35. The lowest BCUT2D eigenvalue weighted by atomic mass is 10.0. The molecule has 1 heterocycles. The van der Waals surface area contributed by atoms with Gasteiger partial charge in [0, 0.05) is 19.2 Å². The molecule has 1 N–H and O–H groups in total. The number of ether oxygens (including phenoxy) is 1. The molecular weight excluding hydrogens is 267 g/mol. The van der Waals surface area contributed by atoms with Gasteiger partial charge in [-0.1, -0.05) is 18.2 Å². The van der Waals surface area contributed by atoms with E-state index in [0.717, 1.165) is 32.1 Å². The second kappa shape index (κ2) is 6.59. The molecule has 2 nitrogen and oxygen atoms in total. The molecule has 1 aromatic carbocycles. The second-order valence-corrected chi connectivity index (χ2v) is 5.35. The van der Waals surface area contributed by atoms with E-state index in [9.17, 15) is 13.2 Å². The highest BCUT2D eigenvalue weighted by atomic mass is 19.4. The van der Waals surface area contributed by atoms with Crippen LogP contribution in [-0.4, -0.2) is 25.3 Å². The first-order valence-corrected chi connectivity index (χ1v) is 6.96. The van der Waals surface area contributed by atoms with Crippen LogP contribution < -0.4 is 5.32 Å². The van der Waals surface area contributed by atoms with Gasteiger partial charge in [-0.05, 0) is 37.8 Å². The predicted molar refractivity (Wildman–Crippen MR) is 71.6 cm³/mol. The van der Waals surface area contributed by atoms with Crippen molar-refractivity contribution in [3.05, 3.63) is 35.4 Å². The quantitative estimate of drug-likeness (QED) is 0.896. The van der Waals surface area contributed by atoms with Crippen LogP contribution in [0.3, 0.4) is 0 Å². The molecule has 1 aliphatic heterocycles. The van der Waals surface area contributed by atoms with Crippen molar-refractivity contribution < 1.29 is 17.9 Å². The van der Waals surface area contributed by atoms with Gasteiger partial charge in [0.1, 0.15) is 0 Å². The average molecular weight is 287 g/mol. The van der Waals surface area contributed by atoms with Crippen molar-refractivity contribution in [2.24, 2.45) is 0 Å². The van der Waals surface area contributed by atoms with Crippen LogP contribution >= 0.6 is 0 Å². The van der Waals surface area contributed by atoms with Crippen LogP contribution in [0.4, 0.5) is 13.2 Å². The first-order valence-electron chi connectivity index (χ1n) is 6.96. The molecule has 5 heteroatoms. The van der Waals surface area contributed by atoms with Gasteiger partial charge in [0.2, 0.25) is 0 Å². The summed E-state index contributed by atoms with van der Waals surface area (Å²) in [5.74, 6) is 0. The van der Waals surface area contributed by atoms with Crippen LogP contribution in [0.15, 0.2) is 24.3 Å². The van der Waals surface area contributed by atoms with Crippen molar-refractivity contribution in [3.8, 4) is 0 Å². The molecule has 2 unspecified atom stereocenters. The Morgan fingerprint density at radius 2 is 2.20 bits per heavy atom. The third-order valence-corrected chi connectivity index (χ3v) is 3.51. The van der Waals surface area contributed by atoms with Crippen molar-refractivity contribution >= 4 is 0 Å². The number of benzene rings is 1. The van der Waals surface area contributed by atoms with E-state index in [2.05, 4.69) is 5.32 Å². The molecule has 2 rings (SSSR count). The Hall–Kier alpha value is -1.07. The highest BCUT2D eigenvalue weighted by Crippen LogP contribution is 2.29. The van der Waals surface area contributed by atoms with E-state index in [1.807, 2.05) is 6.92 Å². The normalized spacial score (nSPS) is 21.1. The summed E-state index contributed by atoms with van der Waals surface area (Å²) in [5, 5.41) is 3.32. The number of hydrogen-bond acceptors (Lipinski definition) is 2. The maximum Gasteiger partial charge on any atom is 0.416 e. The standard InChI is InChI=1S/C15H20F3NO/c1-11(19-10-14-6-3-7-20-14)8-12-4-2-5-13(9-12)15(16,17)18/h2,4-5,9,11,14,19H,3,6-8,10H2,1H3. The zero-order valence-corrected chi connectivity index (χ0v) is 11.5. The summed E-state index contributed by atoms with van der Waals surface area (Å²) in [6, 6.07) is 5.66. The van der Waals surface area contributed by atoms with Gasteiger partial charge in [0.15, 0.2) is 0 Å². The van der Waals surface area contributed by atoms with E-state index in [1.165, 1.54) is 12.1 Å². The van der Waals surface area contributed by atoms with Gasteiger partial charge in [-0.15, -0.1) is 0 Å². The third-order valence-electron chi connectivity index (χ3n) is 3.51.